The van der Waals surface area contributed by atoms with Crippen molar-refractivity contribution in [2.75, 3.05) is 42.3 Å². The summed E-state index contributed by atoms with van der Waals surface area (Å²) in [5.74, 6) is 0. The van der Waals surface area contributed by atoms with E-state index in [9.17, 15) is 4.57 Å². The van der Waals surface area contributed by atoms with Crippen LogP contribution in [0.2, 0.25) is 0 Å². The van der Waals surface area contributed by atoms with E-state index in [0.717, 1.165) is 0 Å². The van der Waals surface area contributed by atoms with Crippen LogP contribution in [0.5, 0.6) is 0 Å². The maximum atomic E-state index is 11.9. The molecule has 0 atom stereocenters. The van der Waals surface area contributed by atoms with Gasteiger partial charge in [-0.25, -0.2) is 4.57 Å². The molecule has 8 heteroatoms. The van der Waals surface area contributed by atoms with Crippen molar-refractivity contribution in [3.8, 4) is 0 Å². The molecule has 0 rings (SSSR count). The molecule has 0 N–H and O–H groups in total. The summed E-state index contributed by atoms with van der Waals surface area (Å²) in [6.07, 6.45) is 0. The molecule has 7 nitrogen and oxygen atoms in total. The van der Waals surface area contributed by atoms with E-state index in [0.29, 0.717) is 0 Å². The Morgan fingerprint density at radius 2 is 0.929 bits per heavy atom. The van der Waals surface area contributed by atoms with E-state index in [1.165, 1.54) is 15.2 Å². The number of hydroxylamine groups is 6. The van der Waals surface area contributed by atoms with Crippen LogP contribution in [0.1, 0.15) is 0 Å². The minimum absolute atomic E-state index is 1.26. The van der Waals surface area contributed by atoms with Crippen molar-refractivity contribution in [2.45, 2.75) is 0 Å². The van der Waals surface area contributed by atoms with Crippen LogP contribution in [0.3, 0.4) is 0 Å². The first-order valence-electron chi connectivity index (χ1n) is 3.96. The molecule has 0 heterocycles. The third kappa shape index (κ3) is 6.44. The van der Waals surface area contributed by atoms with Gasteiger partial charge in [0.2, 0.25) is 0 Å². The highest BCUT2D eigenvalue weighted by Gasteiger charge is 2.32. The van der Waals surface area contributed by atoms with E-state index in [2.05, 4.69) is 0 Å². The Kier molecular flexibility index (Phi) is 5.77. The molecule has 86 valence electrons. The van der Waals surface area contributed by atoms with Gasteiger partial charge in [-0.15, -0.1) is 0 Å². The predicted molar refractivity (Wildman–Crippen MR) is 51.9 cm³/mol. The number of hydrogen-bond donors (Lipinski definition) is 0. The molecule has 0 aliphatic carbocycles. The molecule has 0 saturated carbocycles. The molecule has 0 saturated heterocycles. The molecule has 0 aromatic heterocycles. The lowest BCUT2D eigenvalue weighted by Gasteiger charge is -2.24. The van der Waals surface area contributed by atoms with E-state index < -0.39 is 7.82 Å². The average Bonchev–Trinajstić information content (AvgIpc) is 1.76. The molecular formula is C6H18N3O4P. The lowest BCUT2D eigenvalue weighted by Crippen LogP contribution is -2.22. The van der Waals surface area contributed by atoms with Crippen LogP contribution in [0, 0.1) is 0 Å². The Labute approximate surface area is 84.6 Å². The zero-order chi connectivity index (χ0) is 11.4. The van der Waals surface area contributed by atoms with E-state index in [4.69, 9.17) is 13.9 Å². The van der Waals surface area contributed by atoms with Crippen LogP contribution in [-0.4, -0.2) is 57.5 Å². The van der Waals surface area contributed by atoms with Gasteiger partial charge in [-0.05, 0) is 0 Å². The SMILES string of the molecule is CN(C)OP(=O)(ON(C)C)ON(C)C. The van der Waals surface area contributed by atoms with Gasteiger partial charge < -0.3 is 0 Å². The van der Waals surface area contributed by atoms with Crippen LogP contribution >= 0.6 is 7.82 Å². The maximum Gasteiger partial charge on any atom is 0.525 e. The van der Waals surface area contributed by atoms with Crippen molar-refractivity contribution in [2.24, 2.45) is 0 Å². The Morgan fingerprint density at radius 3 is 1.07 bits per heavy atom. The van der Waals surface area contributed by atoms with Crippen LogP contribution in [-0.2, 0) is 18.4 Å². The van der Waals surface area contributed by atoms with Crippen molar-refractivity contribution < 1.29 is 18.4 Å². The van der Waals surface area contributed by atoms with E-state index in [1.807, 2.05) is 0 Å². The van der Waals surface area contributed by atoms with Crippen molar-refractivity contribution in [1.82, 2.24) is 15.2 Å². The number of rotatable bonds is 6. The van der Waals surface area contributed by atoms with Gasteiger partial charge in [0.15, 0.2) is 0 Å². The van der Waals surface area contributed by atoms with E-state index in [1.54, 1.807) is 42.3 Å². The minimum atomic E-state index is -3.61. The monoisotopic (exact) mass is 227 g/mol. The van der Waals surface area contributed by atoms with Gasteiger partial charge in [0.1, 0.15) is 0 Å². The summed E-state index contributed by atoms with van der Waals surface area (Å²) in [7, 11) is 5.92. The maximum absolute atomic E-state index is 11.9. The van der Waals surface area contributed by atoms with Crippen molar-refractivity contribution in [3.63, 3.8) is 0 Å². The molecule has 0 radical (unpaired) electrons. The molecule has 0 unspecified atom stereocenters. The van der Waals surface area contributed by atoms with E-state index in [-0.39, 0.29) is 0 Å². The zero-order valence-corrected chi connectivity index (χ0v) is 10.3. The second-order valence-electron chi connectivity index (χ2n) is 3.13. The van der Waals surface area contributed by atoms with Crippen LogP contribution in [0.25, 0.3) is 0 Å². The Morgan fingerprint density at radius 1 is 0.714 bits per heavy atom. The van der Waals surface area contributed by atoms with Crippen molar-refractivity contribution in [3.05, 3.63) is 0 Å². The van der Waals surface area contributed by atoms with Crippen molar-refractivity contribution in [1.29, 1.82) is 0 Å². The molecule has 0 aliphatic heterocycles. The molecule has 14 heavy (non-hydrogen) atoms. The van der Waals surface area contributed by atoms with Gasteiger partial charge >= 0.3 is 7.82 Å². The molecule has 0 fully saturated rings. The van der Waals surface area contributed by atoms with Gasteiger partial charge in [0, 0.05) is 42.3 Å². The Hall–Kier alpha value is -0.0100. The first-order chi connectivity index (χ1) is 6.25. The summed E-state index contributed by atoms with van der Waals surface area (Å²) >= 11 is 0. The second kappa shape index (κ2) is 5.77. The largest absolute Gasteiger partial charge is 0.525 e. The molecule has 0 spiro atoms. The fraction of sp³-hybridized carbons (Fsp3) is 1.00. The van der Waals surface area contributed by atoms with Gasteiger partial charge in [0.05, 0.1) is 0 Å². The van der Waals surface area contributed by atoms with Gasteiger partial charge in [-0.1, -0.05) is 0 Å². The number of phosphoric acid groups is 1. The second-order valence-corrected chi connectivity index (χ2v) is 4.51. The minimum Gasteiger partial charge on any atom is -0.223 e. The van der Waals surface area contributed by atoms with Crippen LogP contribution in [0.15, 0.2) is 0 Å². The Balaban J connectivity index is 4.41. The summed E-state index contributed by atoms with van der Waals surface area (Å²) in [5.41, 5.74) is 0. The first kappa shape index (κ1) is 14.0. The number of nitrogens with zero attached hydrogens (tertiary/aromatic N) is 3. The normalized spacial score (nSPS) is 13.2. The van der Waals surface area contributed by atoms with Gasteiger partial charge in [-0.3, -0.25) is 0 Å². The third-order valence-electron chi connectivity index (χ3n) is 0.790. The summed E-state index contributed by atoms with van der Waals surface area (Å²) in [6, 6.07) is 0. The predicted octanol–water partition coefficient (Wildman–Crippen LogP) is 0.574. The summed E-state index contributed by atoms with van der Waals surface area (Å²) < 4.78 is 26.6. The summed E-state index contributed by atoms with van der Waals surface area (Å²) in [6.45, 7) is 0. The zero-order valence-electron chi connectivity index (χ0n) is 9.42. The molecule has 0 aromatic carbocycles. The molecule has 0 aliphatic rings. The lowest BCUT2D eigenvalue weighted by atomic mass is 11.2. The highest BCUT2D eigenvalue weighted by atomic mass is 31.2. The summed E-state index contributed by atoms with van der Waals surface area (Å²) in [4.78, 5) is 0. The van der Waals surface area contributed by atoms with E-state index >= 15 is 0 Å². The topological polar surface area (TPSA) is 54.5 Å². The van der Waals surface area contributed by atoms with Crippen LogP contribution in [0.4, 0.5) is 0 Å². The third-order valence-corrected chi connectivity index (χ3v) is 2.37. The molecular weight excluding hydrogens is 209 g/mol. The summed E-state index contributed by atoms with van der Waals surface area (Å²) in [5, 5.41) is 3.77. The van der Waals surface area contributed by atoms with Gasteiger partial charge in [-0.2, -0.15) is 29.1 Å². The fourth-order valence-electron chi connectivity index (χ4n) is 0.645. The average molecular weight is 227 g/mol. The standard InChI is InChI=1S/C6H18N3O4P/c1-7(2)11-14(10,12-8(3)4)13-9(5)6/h1-6H3. The molecule has 0 amide bonds. The first-order valence-corrected chi connectivity index (χ1v) is 5.42. The Bertz CT molecular complexity index is 176. The highest BCUT2D eigenvalue weighted by molar-refractivity contribution is 7.48. The lowest BCUT2D eigenvalue weighted by molar-refractivity contribution is -0.147. The van der Waals surface area contributed by atoms with Crippen molar-refractivity contribution >= 4 is 7.82 Å². The van der Waals surface area contributed by atoms with Gasteiger partial charge in [0.25, 0.3) is 0 Å². The molecule has 0 bridgehead atoms. The van der Waals surface area contributed by atoms with Crippen LogP contribution < -0.4 is 0 Å². The highest BCUT2D eigenvalue weighted by Crippen LogP contribution is 2.50. The molecule has 0 aromatic rings. The quantitative estimate of drug-likeness (QED) is 0.485. The fourth-order valence-corrected chi connectivity index (χ4v) is 1.93. The number of hydrogen-bond acceptors (Lipinski definition) is 7. The smallest absolute Gasteiger partial charge is 0.223 e.